The molecule has 1 heteroatoms. The van der Waals surface area contributed by atoms with E-state index in [1.807, 2.05) is 0 Å². The fourth-order valence-electron chi connectivity index (χ4n) is 1.30. The van der Waals surface area contributed by atoms with Crippen LogP contribution in [-0.4, -0.2) is 0 Å². The summed E-state index contributed by atoms with van der Waals surface area (Å²) in [5, 5.41) is 0. The zero-order valence-corrected chi connectivity index (χ0v) is 9.43. The Balaban J connectivity index is 0.000000605. The fourth-order valence-corrected chi connectivity index (χ4v) is 1.30. The molecule has 1 aromatic carbocycles. The molecule has 0 saturated heterocycles. The van der Waals surface area contributed by atoms with Crippen LogP contribution in [0.5, 0.6) is 0 Å². The van der Waals surface area contributed by atoms with Crippen molar-refractivity contribution in [2.24, 2.45) is 0 Å². The number of allylic oxidation sites excluding steroid dienone is 1. The van der Waals surface area contributed by atoms with Gasteiger partial charge in [-0.25, -0.2) is 6.08 Å². The number of hydrogen-bond donors (Lipinski definition) is 0. The van der Waals surface area contributed by atoms with Gasteiger partial charge in [0.1, 0.15) is 0 Å². The predicted octanol–water partition coefficient (Wildman–Crippen LogP) is 2.37. The molecule has 2 rings (SSSR count). The Kier molecular flexibility index (Phi) is 3.03. The number of fused-ring (bicyclic) bond motifs is 1. The largest absolute Gasteiger partial charge is 0.272 e. The van der Waals surface area contributed by atoms with Gasteiger partial charge < -0.3 is 0 Å². The van der Waals surface area contributed by atoms with E-state index in [1.54, 1.807) is 0 Å². The van der Waals surface area contributed by atoms with Gasteiger partial charge in [-0.3, -0.25) is 6.08 Å². The van der Waals surface area contributed by atoms with E-state index in [0.29, 0.717) is 0 Å². The molecule has 1 radical (unpaired) electrons. The maximum absolute atomic E-state index is 3.19. The molecule has 0 atom stereocenters. The average molecular weight is 218 g/mol. The predicted molar refractivity (Wildman–Crippen MR) is 42.6 cm³/mol. The van der Waals surface area contributed by atoms with Gasteiger partial charge in [-0.1, -0.05) is 17.7 Å². The number of benzene rings is 1. The summed E-state index contributed by atoms with van der Waals surface area (Å²) >= 11 is 0. The Bertz CT molecular complexity index is 287. The van der Waals surface area contributed by atoms with Crippen molar-refractivity contribution in [2.45, 2.75) is 13.3 Å². The summed E-state index contributed by atoms with van der Waals surface area (Å²) < 4.78 is 0. The summed E-state index contributed by atoms with van der Waals surface area (Å²) in [5.74, 6) is 0. The van der Waals surface area contributed by atoms with E-state index in [0.717, 1.165) is 6.42 Å². The van der Waals surface area contributed by atoms with Crippen LogP contribution in [0.2, 0.25) is 0 Å². The van der Waals surface area contributed by atoms with E-state index in [1.165, 1.54) is 16.7 Å². The minimum Gasteiger partial charge on any atom is -0.272 e. The second-order valence-corrected chi connectivity index (χ2v) is 2.73. The Labute approximate surface area is 92.6 Å². The molecule has 0 heterocycles. The summed E-state index contributed by atoms with van der Waals surface area (Å²) in [6.07, 6.45) is 6.25. The van der Waals surface area contributed by atoms with Crippen LogP contribution in [0.3, 0.4) is 0 Å². The van der Waals surface area contributed by atoms with Crippen LogP contribution in [0, 0.1) is 13.0 Å². The van der Waals surface area contributed by atoms with Gasteiger partial charge in [0, 0.05) is 32.7 Å². The molecule has 11 heavy (non-hydrogen) atoms. The molecule has 0 unspecified atom stereocenters. The molecular weight excluding hydrogens is 209 g/mol. The number of aryl methyl sites for hydroxylation is 1. The Morgan fingerprint density at radius 3 is 3.00 bits per heavy atom. The summed E-state index contributed by atoms with van der Waals surface area (Å²) in [6, 6.07) is 6.53. The Hall–Kier alpha value is 0.0639. The normalized spacial score (nSPS) is 12.5. The summed E-state index contributed by atoms with van der Waals surface area (Å²) in [6.45, 7) is 2.12. The van der Waals surface area contributed by atoms with Crippen molar-refractivity contribution >= 4 is 6.08 Å². The maximum atomic E-state index is 3.19. The molecule has 0 amide bonds. The van der Waals surface area contributed by atoms with E-state index in [2.05, 4.69) is 37.3 Å². The van der Waals surface area contributed by atoms with Gasteiger partial charge >= 0.3 is 0 Å². The van der Waals surface area contributed by atoms with Crippen molar-refractivity contribution in [3.05, 3.63) is 41.0 Å². The van der Waals surface area contributed by atoms with Crippen molar-refractivity contribution in [2.75, 3.05) is 0 Å². The smallest absolute Gasteiger partial charge is 0 e. The van der Waals surface area contributed by atoms with Crippen molar-refractivity contribution in [3.63, 3.8) is 0 Å². The summed E-state index contributed by atoms with van der Waals surface area (Å²) in [5.41, 5.74) is 4.10. The van der Waals surface area contributed by atoms with Gasteiger partial charge in [0.25, 0.3) is 0 Å². The summed E-state index contributed by atoms with van der Waals surface area (Å²) in [7, 11) is 0. The molecule has 0 fully saturated rings. The van der Waals surface area contributed by atoms with Crippen LogP contribution in [-0.2, 0) is 39.1 Å². The van der Waals surface area contributed by atoms with Gasteiger partial charge in [-0.05, 0) is 6.92 Å². The third-order valence-corrected chi connectivity index (χ3v) is 1.85. The van der Waals surface area contributed by atoms with Crippen molar-refractivity contribution < 1.29 is 32.7 Å². The quantitative estimate of drug-likeness (QED) is 0.586. The van der Waals surface area contributed by atoms with E-state index in [9.17, 15) is 0 Å². The molecule has 0 N–H and O–H groups in total. The van der Waals surface area contributed by atoms with Crippen LogP contribution >= 0.6 is 0 Å². The molecule has 0 saturated carbocycles. The first-order valence-corrected chi connectivity index (χ1v) is 3.52. The van der Waals surface area contributed by atoms with Crippen LogP contribution in [0.15, 0.2) is 18.2 Å². The molecule has 0 aromatic heterocycles. The molecule has 0 bridgehead atoms. The maximum Gasteiger partial charge on any atom is 0 e. The molecular formula is C10H9Y-. The molecule has 1 aliphatic rings. The van der Waals surface area contributed by atoms with E-state index >= 15 is 0 Å². The van der Waals surface area contributed by atoms with Crippen molar-refractivity contribution in [1.82, 2.24) is 0 Å². The molecule has 53 valence electrons. The average Bonchev–Trinajstić information content (AvgIpc) is 2.33. The molecule has 0 aliphatic heterocycles. The fraction of sp³-hybridized carbons (Fsp3) is 0.200. The number of rotatable bonds is 0. The third-order valence-electron chi connectivity index (χ3n) is 1.85. The van der Waals surface area contributed by atoms with Crippen LogP contribution in [0.25, 0.3) is 6.08 Å². The third kappa shape index (κ3) is 1.80. The second kappa shape index (κ2) is 3.64. The van der Waals surface area contributed by atoms with Gasteiger partial charge in [-0.2, -0.15) is 5.56 Å². The van der Waals surface area contributed by atoms with Crippen molar-refractivity contribution in [3.8, 4) is 0 Å². The van der Waals surface area contributed by atoms with Crippen LogP contribution in [0.1, 0.15) is 16.7 Å². The zero-order chi connectivity index (χ0) is 6.97. The number of hydrogen-bond acceptors (Lipinski definition) is 0. The Morgan fingerprint density at radius 2 is 2.18 bits per heavy atom. The van der Waals surface area contributed by atoms with E-state index in [-0.39, 0.29) is 32.7 Å². The Morgan fingerprint density at radius 1 is 1.36 bits per heavy atom. The molecule has 1 aliphatic carbocycles. The second-order valence-electron chi connectivity index (χ2n) is 2.73. The van der Waals surface area contributed by atoms with Gasteiger partial charge in [0.2, 0.25) is 0 Å². The topological polar surface area (TPSA) is 0 Å². The van der Waals surface area contributed by atoms with Crippen molar-refractivity contribution in [1.29, 1.82) is 0 Å². The van der Waals surface area contributed by atoms with E-state index in [4.69, 9.17) is 0 Å². The summed E-state index contributed by atoms with van der Waals surface area (Å²) in [4.78, 5) is 0. The minimum atomic E-state index is 0. The molecule has 1 aromatic rings. The van der Waals surface area contributed by atoms with Gasteiger partial charge in [-0.15, -0.1) is 18.1 Å². The van der Waals surface area contributed by atoms with Crippen LogP contribution in [0.4, 0.5) is 0 Å². The monoisotopic (exact) mass is 218 g/mol. The first-order chi connectivity index (χ1) is 4.86. The standard InChI is InChI=1S/C10H9.Y/c1-8-5-6-9-3-2-4-10(9)7-8;/h3,5-7H,4H2,1H3;/q-1;. The van der Waals surface area contributed by atoms with E-state index < -0.39 is 0 Å². The van der Waals surface area contributed by atoms with Crippen LogP contribution < -0.4 is 0 Å². The first-order valence-electron chi connectivity index (χ1n) is 3.52. The zero-order valence-electron chi connectivity index (χ0n) is 6.59. The molecule has 0 spiro atoms. The molecule has 0 nitrogen and oxygen atoms in total. The SMILES string of the molecule is Cc1ccc2c(c1)C[C-]=C2.[Y]. The van der Waals surface area contributed by atoms with Gasteiger partial charge in [0.15, 0.2) is 0 Å². The first kappa shape index (κ1) is 9.15. The minimum absolute atomic E-state index is 0. The van der Waals surface area contributed by atoms with Gasteiger partial charge in [0.05, 0.1) is 0 Å².